The van der Waals surface area contributed by atoms with Crippen LogP contribution in [0.4, 0.5) is 0 Å². The van der Waals surface area contributed by atoms with Gasteiger partial charge in [0.25, 0.3) is 0 Å². The van der Waals surface area contributed by atoms with Gasteiger partial charge in [-0.15, -0.1) is 10.2 Å². The number of H-pyrrole nitrogens is 1. The third-order valence-corrected chi connectivity index (χ3v) is 7.59. The maximum Gasteiger partial charge on any atom is 0.205 e. The molecule has 1 aliphatic heterocycles. The predicted octanol–water partition coefficient (Wildman–Crippen LogP) is 4.48. The summed E-state index contributed by atoms with van der Waals surface area (Å²) in [6.45, 7) is 5.23. The number of hydrogen-bond acceptors (Lipinski definition) is 6. The van der Waals surface area contributed by atoms with E-state index in [1.165, 1.54) is 18.4 Å². The quantitative estimate of drug-likeness (QED) is 0.496. The molecule has 1 spiro atoms. The Morgan fingerprint density at radius 1 is 1.06 bits per heavy atom. The van der Waals surface area contributed by atoms with E-state index in [1.807, 2.05) is 18.2 Å². The fourth-order valence-corrected chi connectivity index (χ4v) is 5.81. The zero-order valence-electron chi connectivity index (χ0n) is 19.6. The van der Waals surface area contributed by atoms with Gasteiger partial charge in [-0.05, 0) is 48.1 Å². The maximum atomic E-state index is 11.5. The van der Waals surface area contributed by atoms with Gasteiger partial charge in [-0.25, -0.2) is 0 Å². The molecule has 5 rings (SSSR count). The smallest absolute Gasteiger partial charge is 0.205 e. The van der Waals surface area contributed by atoms with Crippen molar-refractivity contribution in [3.63, 3.8) is 0 Å². The molecule has 2 unspecified atom stereocenters. The number of unbranched alkanes of at least 4 members (excludes halogenated alkanes) is 1. The molecular formula is C26H34N6O. The zero-order chi connectivity index (χ0) is 22.9. The molecule has 2 aromatic carbocycles. The summed E-state index contributed by atoms with van der Waals surface area (Å²) < 4.78 is 0. The van der Waals surface area contributed by atoms with E-state index in [1.54, 1.807) is 0 Å². The molecule has 1 saturated carbocycles. The van der Waals surface area contributed by atoms with Crippen molar-refractivity contribution in [1.29, 1.82) is 0 Å². The van der Waals surface area contributed by atoms with Crippen LogP contribution in [-0.4, -0.2) is 48.1 Å². The molecule has 3 aromatic rings. The summed E-state index contributed by atoms with van der Waals surface area (Å²) in [6.07, 6.45) is 7.37. The normalized spacial score (nSPS) is 24.6. The lowest BCUT2D eigenvalue weighted by molar-refractivity contribution is -0.0459. The number of tetrazole rings is 1. The molecule has 3 N–H and O–H groups in total. The summed E-state index contributed by atoms with van der Waals surface area (Å²) in [5, 5.41) is 29.9. The highest BCUT2D eigenvalue weighted by molar-refractivity contribution is 5.80. The van der Waals surface area contributed by atoms with Crippen molar-refractivity contribution in [1.82, 2.24) is 30.8 Å². The largest absolute Gasteiger partial charge is 0.376 e. The van der Waals surface area contributed by atoms with E-state index in [4.69, 9.17) is 0 Å². The van der Waals surface area contributed by atoms with Crippen LogP contribution in [0.25, 0.3) is 22.5 Å². The Morgan fingerprint density at radius 3 is 2.45 bits per heavy atom. The first-order chi connectivity index (χ1) is 16.0. The van der Waals surface area contributed by atoms with E-state index < -0.39 is 6.23 Å². The van der Waals surface area contributed by atoms with Gasteiger partial charge >= 0.3 is 0 Å². The number of aliphatic hydroxyl groups is 1. The summed E-state index contributed by atoms with van der Waals surface area (Å²) in [5.74, 6) is 0.592. The first-order valence-corrected chi connectivity index (χ1v) is 12.2. The molecule has 174 valence electrons. The molecule has 7 nitrogen and oxygen atoms in total. The standard InChI is InChI=1S/C26H34N6O/c1-3-4-15-25(2)29-26(16-7-8-17-26)24(33)32(25)18-19-11-13-20(14-12-19)21-9-5-6-10-22(21)23-27-30-31-28-23/h5-6,9-14,24,29,33H,3-4,7-8,15-18H2,1-2H3,(H,27,28,30,31). The van der Waals surface area contributed by atoms with Crippen molar-refractivity contribution in [2.75, 3.05) is 0 Å². The SMILES string of the molecule is CCCCC1(C)NC2(CCCC2)C(O)N1Cc1ccc(-c2ccccc2-c2nn[nH]n2)cc1. The predicted molar refractivity (Wildman–Crippen MR) is 129 cm³/mol. The van der Waals surface area contributed by atoms with E-state index in [0.29, 0.717) is 5.82 Å². The molecule has 2 fully saturated rings. The molecule has 7 heteroatoms. The second-order valence-corrected chi connectivity index (χ2v) is 9.85. The van der Waals surface area contributed by atoms with E-state index in [0.717, 1.165) is 55.3 Å². The Bertz CT molecular complexity index is 1060. The molecule has 2 aliphatic rings. The van der Waals surface area contributed by atoms with E-state index in [-0.39, 0.29) is 11.2 Å². The van der Waals surface area contributed by atoms with Gasteiger partial charge in [-0.3, -0.25) is 10.2 Å². The van der Waals surface area contributed by atoms with E-state index in [9.17, 15) is 5.11 Å². The minimum Gasteiger partial charge on any atom is -0.376 e. The Hall–Kier alpha value is -2.61. The van der Waals surface area contributed by atoms with Crippen LogP contribution in [0.15, 0.2) is 48.5 Å². The van der Waals surface area contributed by atoms with Gasteiger partial charge in [-0.2, -0.15) is 5.21 Å². The molecule has 1 saturated heterocycles. The fraction of sp³-hybridized carbons (Fsp3) is 0.500. The lowest BCUT2D eigenvalue weighted by Gasteiger charge is -2.36. The summed E-state index contributed by atoms with van der Waals surface area (Å²) >= 11 is 0. The molecule has 2 heterocycles. The third kappa shape index (κ3) is 4.09. The van der Waals surface area contributed by atoms with Crippen molar-refractivity contribution >= 4 is 0 Å². The van der Waals surface area contributed by atoms with Crippen molar-refractivity contribution in [3.8, 4) is 22.5 Å². The van der Waals surface area contributed by atoms with Crippen LogP contribution >= 0.6 is 0 Å². The van der Waals surface area contributed by atoms with Crippen LogP contribution in [0.1, 0.15) is 64.4 Å². The summed E-state index contributed by atoms with van der Waals surface area (Å²) in [7, 11) is 0. The topological polar surface area (TPSA) is 90.0 Å². The number of nitrogens with zero attached hydrogens (tertiary/aromatic N) is 4. The molecule has 33 heavy (non-hydrogen) atoms. The Balaban J connectivity index is 1.40. The third-order valence-electron chi connectivity index (χ3n) is 7.59. The van der Waals surface area contributed by atoms with E-state index >= 15 is 0 Å². The van der Waals surface area contributed by atoms with Crippen molar-refractivity contribution in [2.24, 2.45) is 0 Å². The van der Waals surface area contributed by atoms with Gasteiger partial charge in [0.15, 0.2) is 0 Å². The Kier molecular flexibility index (Phi) is 6.03. The second-order valence-electron chi connectivity index (χ2n) is 9.85. The van der Waals surface area contributed by atoms with Gasteiger partial charge in [0.2, 0.25) is 5.82 Å². The first-order valence-electron chi connectivity index (χ1n) is 12.2. The van der Waals surface area contributed by atoms with Crippen molar-refractivity contribution in [3.05, 3.63) is 54.1 Å². The Morgan fingerprint density at radius 2 is 1.79 bits per heavy atom. The number of aromatic amines is 1. The number of aromatic nitrogens is 4. The van der Waals surface area contributed by atoms with Crippen LogP contribution in [-0.2, 0) is 6.54 Å². The highest BCUT2D eigenvalue weighted by atomic mass is 16.3. The van der Waals surface area contributed by atoms with Crippen molar-refractivity contribution in [2.45, 2.75) is 82.8 Å². The average molecular weight is 447 g/mol. The molecule has 1 aromatic heterocycles. The highest BCUT2D eigenvalue weighted by Crippen LogP contribution is 2.44. The van der Waals surface area contributed by atoms with Gasteiger partial charge in [-0.1, -0.05) is 81.1 Å². The van der Waals surface area contributed by atoms with Gasteiger partial charge in [0.1, 0.15) is 6.23 Å². The molecule has 1 aliphatic carbocycles. The second kappa shape index (κ2) is 8.97. The zero-order valence-corrected chi connectivity index (χ0v) is 19.6. The summed E-state index contributed by atoms with van der Waals surface area (Å²) in [6, 6.07) is 16.8. The molecule has 2 atom stereocenters. The monoisotopic (exact) mass is 446 g/mol. The van der Waals surface area contributed by atoms with Gasteiger partial charge in [0, 0.05) is 12.1 Å². The van der Waals surface area contributed by atoms with Gasteiger partial charge in [0.05, 0.1) is 11.2 Å². The number of nitrogens with one attached hydrogen (secondary N) is 2. The van der Waals surface area contributed by atoms with Gasteiger partial charge < -0.3 is 5.11 Å². The van der Waals surface area contributed by atoms with Crippen LogP contribution in [0, 0.1) is 0 Å². The number of aliphatic hydroxyl groups excluding tert-OH is 1. The maximum absolute atomic E-state index is 11.5. The van der Waals surface area contributed by atoms with Crippen LogP contribution in [0.5, 0.6) is 0 Å². The number of benzene rings is 2. The molecular weight excluding hydrogens is 412 g/mol. The molecule has 0 radical (unpaired) electrons. The fourth-order valence-electron chi connectivity index (χ4n) is 5.81. The van der Waals surface area contributed by atoms with Crippen molar-refractivity contribution < 1.29 is 5.11 Å². The minimum absolute atomic E-state index is 0.161. The lowest BCUT2D eigenvalue weighted by Crippen LogP contribution is -2.51. The average Bonchev–Trinajstić information content (AvgIpc) is 3.57. The highest BCUT2D eigenvalue weighted by Gasteiger charge is 2.56. The van der Waals surface area contributed by atoms with Crippen LogP contribution < -0.4 is 5.32 Å². The summed E-state index contributed by atoms with van der Waals surface area (Å²) in [5.41, 5.74) is 3.99. The number of hydrogen-bond donors (Lipinski definition) is 3. The molecule has 0 amide bonds. The summed E-state index contributed by atoms with van der Waals surface area (Å²) in [4.78, 5) is 2.30. The van der Waals surface area contributed by atoms with Crippen LogP contribution in [0.2, 0.25) is 0 Å². The molecule has 0 bridgehead atoms. The minimum atomic E-state index is -0.458. The number of rotatable bonds is 7. The lowest BCUT2D eigenvalue weighted by atomic mass is 9.96. The Labute approximate surface area is 195 Å². The first kappa shape index (κ1) is 22.2. The van der Waals surface area contributed by atoms with E-state index in [2.05, 4.69) is 75.0 Å². The van der Waals surface area contributed by atoms with Crippen LogP contribution in [0.3, 0.4) is 0 Å².